The molecule has 0 aliphatic carbocycles. The summed E-state index contributed by atoms with van der Waals surface area (Å²) in [4.78, 5) is 8.23. The highest BCUT2D eigenvalue weighted by molar-refractivity contribution is 14.0. The van der Waals surface area contributed by atoms with Crippen LogP contribution in [0.1, 0.15) is 38.2 Å². The molecule has 0 saturated carbocycles. The molecule has 142 valence electrons. The van der Waals surface area contributed by atoms with Crippen LogP contribution in [0.4, 0.5) is 0 Å². The van der Waals surface area contributed by atoms with Crippen molar-refractivity contribution in [3.8, 4) is 0 Å². The Morgan fingerprint density at radius 1 is 1.24 bits per heavy atom. The van der Waals surface area contributed by atoms with Gasteiger partial charge in [0.15, 0.2) is 5.96 Å². The second-order valence-corrected chi connectivity index (χ2v) is 7.31. The fraction of sp³-hybridized carbons (Fsp3) is 0.632. The second kappa shape index (κ2) is 12.8. The summed E-state index contributed by atoms with van der Waals surface area (Å²) in [7, 11) is 1.83. The van der Waals surface area contributed by atoms with Crippen molar-refractivity contribution in [2.45, 2.75) is 50.1 Å². The summed E-state index contributed by atoms with van der Waals surface area (Å²) in [6, 6.07) is 9.42. The van der Waals surface area contributed by atoms with E-state index >= 15 is 0 Å². The third-order valence-corrected chi connectivity index (χ3v) is 5.44. The molecule has 1 saturated heterocycles. The SMILES string of the molecule is CN=C(NCCCN1CCCCC1C)NCc1ccc(SC)cc1.I. The van der Waals surface area contributed by atoms with Crippen LogP contribution in [0, 0.1) is 0 Å². The van der Waals surface area contributed by atoms with Crippen molar-refractivity contribution in [2.75, 3.05) is 32.9 Å². The lowest BCUT2D eigenvalue weighted by atomic mass is 10.0. The van der Waals surface area contributed by atoms with Gasteiger partial charge in [-0.3, -0.25) is 4.99 Å². The number of guanidine groups is 1. The maximum Gasteiger partial charge on any atom is 0.191 e. The number of halogens is 1. The number of hydrogen-bond donors (Lipinski definition) is 2. The average molecular weight is 476 g/mol. The van der Waals surface area contributed by atoms with Gasteiger partial charge in [0, 0.05) is 37.6 Å². The molecule has 1 unspecified atom stereocenters. The summed E-state index contributed by atoms with van der Waals surface area (Å²) < 4.78 is 0. The number of thioether (sulfide) groups is 1. The highest BCUT2D eigenvalue weighted by Gasteiger charge is 2.17. The van der Waals surface area contributed by atoms with E-state index < -0.39 is 0 Å². The molecule has 1 aliphatic heterocycles. The van der Waals surface area contributed by atoms with Gasteiger partial charge < -0.3 is 15.5 Å². The van der Waals surface area contributed by atoms with Gasteiger partial charge in [0.25, 0.3) is 0 Å². The Balaban J connectivity index is 0.00000312. The molecule has 0 radical (unpaired) electrons. The molecule has 25 heavy (non-hydrogen) atoms. The molecule has 4 nitrogen and oxygen atoms in total. The van der Waals surface area contributed by atoms with Crippen molar-refractivity contribution in [1.82, 2.24) is 15.5 Å². The third-order valence-electron chi connectivity index (χ3n) is 4.70. The molecule has 6 heteroatoms. The molecular weight excluding hydrogens is 443 g/mol. The van der Waals surface area contributed by atoms with Crippen LogP contribution in [-0.4, -0.2) is 49.8 Å². The first-order chi connectivity index (χ1) is 11.7. The quantitative estimate of drug-likeness (QED) is 0.206. The summed E-state index contributed by atoms with van der Waals surface area (Å²) in [5.41, 5.74) is 1.28. The predicted octanol–water partition coefficient (Wildman–Crippen LogP) is 3.96. The Morgan fingerprint density at radius 2 is 2.00 bits per heavy atom. The lowest BCUT2D eigenvalue weighted by Gasteiger charge is -2.33. The summed E-state index contributed by atoms with van der Waals surface area (Å²) in [6.07, 6.45) is 7.36. The zero-order valence-corrected chi connectivity index (χ0v) is 18.9. The minimum atomic E-state index is 0. The molecule has 0 aromatic heterocycles. The Labute approximate surface area is 174 Å². The molecule has 1 fully saturated rings. The van der Waals surface area contributed by atoms with Crippen molar-refractivity contribution >= 4 is 41.7 Å². The molecule has 1 atom stereocenters. The van der Waals surface area contributed by atoms with Gasteiger partial charge in [0.1, 0.15) is 0 Å². The van der Waals surface area contributed by atoms with Gasteiger partial charge in [-0.1, -0.05) is 18.6 Å². The predicted molar refractivity (Wildman–Crippen MR) is 121 cm³/mol. The first-order valence-electron chi connectivity index (χ1n) is 9.04. The van der Waals surface area contributed by atoms with Crippen LogP contribution in [0.3, 0.4) is 0 Å². The number of benzene rings is 1. The Hall–Kier alpha value is -0.470. The van der Waals surface area contributed by atoms with E-state index in [-0.39, 0.29) is 24.0 Å². The second-order valence-electron chi connectivity index (χ2n) is 6.43. The minimum Gasteiger partial charge on any atom is -0.356 e. The standard InChI is InChI=1S/C19H32N4S.HI/c1-16-7-4-5-13-23(16)14-6-12-21-19(20-2)22-15-17-8-10-18(24-3)11-9-17;/h8-11,16H,4-7,12-15H2,1-3H3,(H2,20,21,22);1H. The van der Waals surface area contributed by atoms with Crippen LogP contribution in [0.25, 0.3) is 0 Å². The number of nitrogens with one attached hydrogen (secondary N) is 2. The topological polar surface area (TPSA) is 39.7 Å². The molecule has 0 bridgehead atoms. The average Bonchev–Trinajstić information content (AvgIpc) is 2.63. The molecule has 2 N–H and O–H groups in total. The zero-order valence-electron chi connectivity index (χ0n) is 15.8. The molecular formula is C19H33IN4S. The summed E-state index contributed by atoms with van der Waals surface area (Å²) in [6.45, 7) is 6.57. The van der Waals surface area contributed by atoms with Crippen LogP contribution in [0.15, 0.2) is 34.2 Å². The highest BCUT2D eigenvalue weighted by atomic mass is 127. The maximum atomic E-state index is 4.31. The van der Waals surface area contributed by atoms with Crippen molar-refractivity contribution in [3.63, 3.8) is 0 Å². The Bertz CT molecular complexity index is 507. The number of hydrogen-bond acceptors (Lipinski definition) is 3. The van der Waals surface area contributed by atoms with E-state index in [1.54, 1.807) is 11.8 Å². The minimum absolute atomic E-state index is 0. The highest BCUT2D eigenvalue weighted by Crippen LogP contribution is 2.16. The molecule has 2 rings (SSSR count). The maximum absolute atomic E-state index is 4.31. The van der Waals surface area contributed by atoms with Crippen LogP contribution >= 0.6 is 35.7 Å². The molecule has 1 aromatic rings. The van der Waals surface area contributed by atoms with Gasteiger partial charge in [0.05, 0.1) is 0 Å². The first-order valence-corrected chi connectivity index (χ1v) is 10.3. The van der Waals surface area contributed by atoms with Crippen LogP contribution in [0.2, 0.25) is 0 Å². The van der Waals surface area contributed by atoms with E-state index in [0.29, 0.717) is 0 Å². The first kappa shape index (κ1) is 22.6. The molecule has 1 aliphatic rings. The van der Waals surface area contributed by atoms with Gasteiger partial charge >= 0.3 is 0 Å². The molecule has 0 spiro atoms. The van der Waals surface area contributed by atoms with E-state index in [1.165, 1.54) is 42.8 Å². The van der Waals surface area contributed by atoms with E-state index in [1.807, 2.05) is 7.05 Å². The van der Waals surface area contributed by atoms with E-state index in [9.17, 15) is 0 Å². The molecule has 1 heterocycles. The zero-order chi connectivity index (χ0) is 17.2. The van der Waals surface area contributed by atoms with Crippen molar-refractivity contribution in [2.24, 2.45) is 4.99 Å². The van der Waals surface area contributed by atoms with E-state index in [0.717, 1.165) is 31.5 Å². The Morgan fingerprint density at radius 3 is 2.64 bits per heavy atom. The van der Waals surface area contributed by atoms with Gasteiger partial charge in [-0.2, -0.15) is 0 Å². The monoisotopic (exact) mass is 476 g/mol. The molecule has 0 amide bonds. The summed E-state index contributed by atoms with van der Waals surface area (Å²) in [5, 5.41) is 6.81. The van der Waals surface area contributed by atoms with Gasteiger partial charge in [-0.25, -0.2) is 0 Å². The largest absolute Gasteiger partial charge is 0.356 e. The van der Waals surface area contributed by atoms with Crippen LogP contribution in [0.5, 0.6) is 0 Å². The number of piperidine rings is 1. The number of aliphatic imine (C=N–C) groups is 1. The fourth-order valence-corrected chi connectivity index (χ4v) is 3.54. The van der Waals surface area contributed by atoms with Gasteiger partial charge in [-0.05, 0) is 56.7 Å². The number of nitrogens with zero attached hydrogens (tertiary/aromatic N) is 2. The smallest absolute Gasteiger partial charge is 0.191 e. The van der Waals surface area contributed by atoms with Crippen molar-refractivity contribution in [1.29, 1.82) is 0 Å². The number of likely N-dealkylation sites (tertiary alicyclic amines) is 1. The van der Waals surface area contributed by atoms with Crippen LogP contribution < -0.4 is 10.6 Å². The van der Waals surface area contributed by atoms with Gasteiger partial charge in [-0.15, -0.1) is 35.7 Å². The normalized spacial score (nSPS) is 18.5. The lowest BCUT2D eigenvalue weighted by molar-refractivity contribution is 0.159. The van der Waals surface area contributed by atoms with Crippen molar-refractivity contribution < 1.29 is 0 Å². The lowest BCUT2D eigenvalue weighted by Crippen LogP contribution is -2.41. The third kappa shape index (κ3) is 8.17. The summed E-state index contributed by atoms with van der Waals surface area (Å²) in [5.74, 6) is 0.885. The van der Waals surface area contributed by atoms with Crippen molar-refractivity contribution in [3.05, 3.63) is 29.8 Å². The van der Waals surface area contributed by atoms with Crippen LogP contribution in [-0.2, 0) is 6.54 Å². The summed E-state index contributed by atoms with van der Waals surface area (Å²) >= 11 is 1.77. The fourth-order valence-electron chi connectivity index (χ4n) is 3.13. The van der Waals surface area contributed by atoms with E-state index in [4.69, 9.17) is 0 Å². The molecule has 1 aromatic carbocycles. The van der Waals surface area contributed by atoms with E-state index in [2.05, 4.69) is 58.0 Å². The number of rotatable bonds is 7. The Kier molecular flexibility index (Phi) is 11.6. The van der Waals surface area contributed by atoms with Gasteiger partial charge in [0.2, 0.25) is 0 Å².